The lowest BCUT2D eigenvalue weighted by Gasteiger charge is -2.20. The van der Waals surface area contributed by atoms with Crippen LogP contribution in [0.25, 0.3) is 0 Å². The minimum atomic E-state index is -0.334. The van der Waals surface area contributed by atoms with Gasteiger partial charge in [0, 0.05) is 25.0 Å². The summed E-state index contributed by atoms with van der Waals surface area (Å²) in [6.45, 7) is 1.42. The Morgan fingerprint density at radius 2 is 1.78 bits per heavy atom. The summed E-state index contributed by atoms with van der Waals surface area (Å²) in [5.41, 5.74) is 1.90. The molecule has 1 atom stereocenters. The molecule has 0 saturated heterocycles. The lowest BCUT2D eigenvalue weighted by molar-refractivity contribution is -0.130. The number of hydrogen-bond donors (Lipinski definition) is 3. The molecule has 118 valence electrons. The molecule has 0 saturated carbocycles. The largest absolute Gasteiger partial charge is 0.508 e. The third-order valence-electron chi connectivity index (χ3n) is 3.72. The first kappa shape index (κ1) is 14.9. The van der Waals surface area contributed by atoms with Crippen molar-refractivity contribution in [2.75, 3.05) is 0 Å². The number of phenolic OH excluding ortho intramolecular Hbond substituents is 3. The molecule has 3 N–H and O–H groups in total. The molecule has 1 heterocycles. The van der Waals surface area contributed by atoms with Crippen molar-refractivity contribution in [1.29, 1.82) is 0 Å². The Hall–Kier alpha value is -3.02. The Bertz CT molecular complexity index is 781. The van der Waals surface area contributed by atoms with Crippen LogP contribution >= 0.6 is 0 Å². The summed E-state index contributed by atoms with van der Waals surface area (Å²) in [5, 5.41) is 34.6. The average Bonchev–Trinajstić information content (AvgIpc) is 2.91. The van der Waals surface area contributed by atoms with E-state index < -0.39 is 0 Å². The van der Waals surface area contributed by atoms with Crippen molar-refractivity contribution in [3.05, 3.63) is 53.6 Å². The summed E-state index contributed by atoms with van der Waals surface area (Å²) in [6, 6.07) is 10.6. The lowest BCUT2D eigenvalue weighted by Crippen LogP contribution is -2.24. The zero-order valence-corrected chi connectivity index (χ0v) is 12.5. The van der Waals surface area contributed by atoms with Crippen LogP contribution in [0, 0.1) is 0 Å². The molecular formula is C17H16N2O4. The van der Waals surface area contributed by atoms with E-state index in [1.165, 1.54) is 30.1 Å². The highest BCUT2D eigenvalue weighted by molar-refractivity contribution is 6.03. The Morgan fingerprint density at radius 1 is 1.09 bits per heavy atom. The maximum Gasteiger partial charge on any atom is 0.240 e. The van der Waals surface area contributed by atoms with Crippen LogP contribution in [0.15, 0.2) is 47.6 Å². The van der Waals surface area contributed by atoms with Gasteiger partial charge in [-0.05, 0) is 29.8 Å². The van der Waals surface area contributed by atoms with E-state index in [0.29, 0.717) is 17.7 Å². The van der Waals surface area contributed by atoms with Crippen molar-refractivity contribution in [2.24, 2.45) is 5.10 Å². The highest BCUT2D eigenvalue weighted by atomic mass is 16.3. The number of nitrogens with zero attached hydrogens (tertiary/aromatic N) is 2. The van der Waals surface area contributed by atoms with Crippen molar-refractivity contribution in [3.63, 3.8) is 0 Å². The fourth-order valence-corrected chi connectivity index (χ4v) is 2.73. The van der Waals surface area contributed by atoms with E-state index in [2.05, 4.69) is 5.10 Å². The maximum atomic E-state index is 11.9. The van der Waals surface area contributed by atoms with Crippen LogP contribution in [0.1, 0.15) is 30.5 Å². The lowest BCUT2D eigenvalue weighted by atomic mass is 9.98. The fourth-order valence-electron chi connectivity index (χ4n) is 2.73. The van der Waals surface area contributed by atoms with Crippen LogP contribution in [-0.4, -0.2) is 31.9 Å². The number of rotatable bonds is 2. The van der Waals surface area contributed by atoms with Crippen LogP contribution < -0.4 is 0 Å². The Labute approximate surface area is 132 Å². The monoisotopic (exact) mass is 312 g/mol. The Kier molecular flexibility index (Phi) is 3.65. The molecule has 1 aliphatic rings. The highest BCUT2D eigenvalue weighted by Crippen LogP contribution is 2.35. The van der Waals surface area contributed by atoms with E-state index in [0.717, 1.165) is 5.56 Å². The molecule has 0 aromatic heterocycles. The second-order valence-corrected chi connectivity index (χ2v) is 5.46. The topological polar surface area (TPSA) is 93.4 Å². The summed E-state index contributed by atoms with van der Waals surface area (Å²) >= 11 is 0. The van der Waals surface area contributed by atoms with Gasteiger partial charge in [-0.2, -0.15) is 5.10 Å². The predicted octanol–water partition coefficient (Wildman–Crippen LogP) is 2.50. The first-order chi connectivity index (χ1) is 10.9. The minimum Gasteiger partial charge on any atom is -0.508 e. The summed E-state index contributed by atoms with van der Waals surface area (Å²) in [5.74, 6) is -0.247. The third kappa shape index (κ3) is 2.96. The van der Waals surface area contributed by atoms with Gasteiger partial charge in [0.05, 0.1) is 11.8 Å². The first-order valence-electron chi connectivity index (χ1n) is 7.13. The molecule has 0 fully saturated rings. The number of carbonyl (C=O) groups excluding carboxylic acids is 1. The number of hydrazone groups is 1. The van der Waals surface area contributed by atoms with Gasteiger partial charge in [0.2, 0.25) is 5.91 Å². The summed E-state index contributed by atoms with van der Waals surface area (Å²) in [4.78, 5) is 11.9. The van der Waals surface area contributed by atoms with Gasteiger partial charge in [0.1, 0.15) is 17.2 Å². The SMILES string of the molecule is CC(=O)N1N=C(c2cc(O)cc(O)c2)C[C@H]1c1cccc(O)c1. The zero-order chi connectivity index (χ0) is 16.6. The van der Waals surface area contributed by atoms with Gasteiger partial charge in [-0.3, -0.25) is 4.79 Å². The summed E-state index contributed by atoms with van der Waals surface area (Å²) in [6.07, 6.45) is 0.423. The van der Waals surface area contributed by atoms with E-state index in [-0.39, 0.29) is 29.2 Å². The molecule has 6 heteroatoms. The molecular weight excluding hydrogens is 296 g/mol. The maximum absolute atomic E-state index is 11.9. The minimum absolute atomic E-state index is 0.0714. The van der Waals surface area contributed by atoms with Crippen LogP contribution in [-0.2, 0) is 4.79 Å². The molecule has 0 bridgehead atoms. The van der Waals surface area contributed by atoms with Crippen molar-refractivity contribution in [1.82, 2.24) is 5.01 Å². The van der Waals surface area contributed by atoms with E-state index in [1.54, 1.807) is 18.2 Å². The zero-order valence-electron chi connectivity index (χ0n) is 12.5. The molecule has 1 aliphatic heterocycles. The number of aromatic hydroxyl groups is 3. The standard InChI is InChI=1S/C17H16N2O4/c1-10(20)19-17(11-3-2-4-13(21)5-11)9-16(18-19)12-6-14(22)8-15(23)7-12/h2-8,17,21-23H,9H2,1H3/t17-/m0/s1. The fraction of sp³-hybridized carbons (Fsp3) is 0.176. The van der Waals surface area contributed by atoms with Gasteiger partial charge < -0.3 is 15.3 Å². The molecule has 0 spiro atoms. The molecule has 2 aromatic rings. The highest BCUT2D eigenvalue weighted by Gasteiger charge is 2.31. The molecule has 0 unspecified atom stereocenters. The summed E-state index contributed by atoms with van der Waals surface area (Å²) in [7, 11) is 0. The van der Waals surface area contributed by atoms with Crippen molar-refractivity contribution >= 4 is 11.6 Å². The molecule has 2 aromatic carbocycles. The van der Waals surface area contributed by atoms with Gasteiger partial charge in [-0.15, -0.1) is 0 Å². The van der Waals surface area contributed by atoms with Crippen molar-refractivity contribution in [3.8, 4) is 17.2 Å². The number of carbonyl (C=O) groups is 1. The number of benzene rings is 2. The van der Waals surface area contributed by atoms with Crippen LogP contribution in [0.5, 0.6) is 17.2 Å². The van der Waals surface area contributed by atoms with Gasteiger partial charge in [-0.25, -0.2) is 5.01 Å². The number of amides is 1. The average molecular weight is 312 g/mol. The van der Waals surface area contributed by atoms with Gasteiger partial charge >= 0.3 is 0 Å². The van der Waals surface area contributed by atoms with Gasteiger partial charge in [0.25, 0.3) is 0 Å². The molecule has 0 aliphatic carbocycles. The number of hydrogen-bond acceptors (Lipinski definition) is 5. The van der Waals surface area contributed by atoms with Crippen LogP contribution in [0.2, 0.25) is 0 Å². The first-order valence-corrected chi connectivity index (χ1v) is 7.13. The summed E-state index contributed by atoms with van der Waals surface area (Å²) < 4.78 is 0. The van der Waals surface area contributed by atoms with Gasteiger partial charge in [0.15, 0.2) is 0 Å². The Morgan fingerprint density at radius 3 is 2.39 bits per heavy atom. The van der Waals surface area contributed by atoms with Crippen LogP contribution in [0.4, 0.5) is 0 Å². The number of phenols is 3. The Balaban J connectivity index is 1.98. The second kappa shape index (κ2) is 5.64. The van der Waals surface area contributed by atoms with E-state index in [4.69, 9.17) is 0 Å². The molecule has 3 rings (SSSR count). The molecule has 6 nitrogen and oxygen atoms in total. The molecule has 1 amide bonds. The van der Waals surface area contributed by atoms with Crippen molar-refractivity contribution < 1.29 is 20.1 Å². The van der Waals surface area contributed by atoms with E-state index in [9.17, 15) is 20.1 Å². The van der Waals surface area contributed by atoms with Crippen molar-refractivity contribution in [2.45, 2.75) is 19.4 Å². The molecule has 23 heavy (non-hydrogen) atoms. The van der Waals surface area contributed by atoms with E-state index >= 15 is 0 Å². The normalized spacial score (nSPS) is 17.2. The third-order valence-corrected chi connectivity index (χ3v) is 3.72. The van der Waals surface area contributed by atoms with Crippen LogP contribution in [0.3, 0.4) is 0 Å². The second-order valence-electron chi connectivity index (χ2n) is 5.46. The smallest absolute Gasteiger partial charge is 0.240 e. The quantitative estimate of drug-likeness (QED) is 0.794. The van der Waals surface area contributed by atoms with E-state index in [1.807, 2.05) is 6.07 Å². The molecule has 0 radical (unpaired) electrons. The van der Waals surface area contributed by atoms with Gasteiger partial charge in [-0.1, -0.05) is 12.1 Å². The predicted molar refractivity (Wildman–Crippen MR) is 84.3 cm³/mol.